The quantitative estimate of drug-likeness (QED) is 0.0274. The van der Waals surface area contributed by atoms with E-state index in [2.05, 4.69) is 73.1 Å². The molecule has 0 aromatic rings. The Morgan fingerprint density at radius 3 is 1.31 bits per heavy atom. The highest BCUT2D eigenvalue weighted by Gasteiger charge is 2.22. The van der Waals surface area contributed by atoms with Crippen molar-refractivity contribution in [3.8, 4) is 0 Å². The molecule has 0 saturated carbocycles. The molecular formula is C45H79O8P. The molecule has 2 N–H and O–H groups in total. The number of allylic oxidation sites excluding steroid dienone is 10. The fraction of sp³-hybridized carbons (Fsp3) is 0.733. The lowest BCUT2D eigenvalue weighted by Gasteiger charge is -2.18. The normalized spacial score (nSPS) is 13.0. The highest BCUT2D eigenvalue weighted by atomic mass is 31.2. The van der Waals surface area contributed by atoms with E-state index in [9.17, 15) is 14.2 Å². The highest BCUT2D eigenvalue weighted by molar-refractivity contribution is 7.46. The van der Waals surface area contributed by atoms with Crippen molar-refractivity contribution < 1.29 is 37.9 Å². The molecule has 0 saturated heterocycles. The third-order valence-corrected chi connectivity index (χ3v) is 9.49. The van der Waals surface area contributed by atoms with Gasteiger partial charge in [0.2, 0.25) is 0 Å². The molecule has 312 valence electrons. The maximum absolute atomic E-state index is 12.4. The first kappa shape index (κ1) is 51.8. The summed E-state index contributed by atoms with van der Waals surface area (Å²) in [6, 6.07) is 0. The molecule has 0 heterocycles. The second kappa shape index (κ2) is 40.4. The molecular weight excluding hydrogens is 699 g/mol. The molecule has 0 aliphatic heterocycles. The number of rotatable bonds is 39. The SMILES string of the molecule is CCCCCCCC/C=C/CCCCCCCC(=O)O[C@H](COC(=O)CCC/C=C/C/C=C/C/C=C/C/C=C/CCCCCCCCC)COP(=O)(O)O. The van der Waals surface area contributed by atoms with Gasteiger partial charge in [-0.05, 0) is 77.0 Å². The van der Waals surface area contributed by atoms with Gasteiger partial charge in [-0.3, -0.25) is 14.1 Å². The Hall–Kier alpha value is -2.25. The van der Waals surface area contributed by atoms with Crippen LogP contribution in [0.1, 0.15) is 194 Å². The van der Waals surface area contributed by atoms with E-state index in [0.717, 1.165) is 57.8 Å². The van der Waals surface area contributed by atoms with Crippen molar-refractivity contribution in [2.75, 3.05) is 13.2 Å². The fourth-order valence-electron chi connectivity index (χ4n) is 5.77. The Morgan fingerprint density at radius 2 is 0.852 bits per heavy atom. The summed E-state index contributed by atoms with van der Waals surface area (Å²) in [6.45, 7) is 3.62. The van der Waals surface area contributed by atoms with Gasteiger partial charge in [0.05, 0.1) is 6.61 Å². The summed E-state index contributed by atoms with van der Waals surface area (Å²) < 4.78 is 26.3. The molecule has 0 aliphatic rings. The average molecular weight is 779 g/mol. The van der Waals surface area contributed by atoms with Gasteiger partial charge in [0.1, 0.15) is 6.61 Å². The van der Waals surface area contributed by atoms with Crippen LogP contribution in [0.25, 0.3) is 0 Å². The number of hydrogen-bond acceptors (Lipinski definition) is 6. The molecule has 0 rings (SSSR count). The van der Waals surface area contributed by atoms with Crippen molar-refractivity contribution in [1.29, 1.82) is 0 Å². The number of carbonyl (C=O) groups excluding carboxylic acids is 2. The van der Waals surface area contributed by atoms with Crippen molar-refractivity contribution in [3.05, 3.63) is 60.8 Å². The molecule has 0 aromatic carbocycles. The Labute approximate surface area is 330 Å². The summed E-state index contributed by atoms with van der Waals surface area (Å²) in [5, 5.41) is 0. The number of ether oxygens (including phenoxy) is 2. The third kappa shape index (κ3) is 42.5. The molecule has 8 nitrogen and oxygen atoms in total. The van der Waals surface area contributed by atoms with E-state index < -0.39 is 32.5 Å². The first-order chi connectivity index (χ1) is 26.3. The van der Waals surface area contributed by atoms with Crippen LogP contribution in [-0.4, -0.2) is 41.0 Å². The number of esters is 2. The van der Waals surface area contributed by atoms with E-state index in [1.165, 1.54) is 96.3 Å². The topological polar surface area (TPSA) is 119 Å². The van der Waals surface area contributed by atoms with Crippen LogP contribution in [-0.2, 0) is 28.2 Å². The lowest BCUT2D eigenvalue weighted by Crippen LogP contribution is -2.29. The average Bonchev–Trinajstić information content (AvgIpc) is 3.14. The number of phosphoric acid groups is 1. The number of carbonyl (C=O) groups is 2. The Morgan fingerprint density at radius 1 is 0.481 bits per heavy atom. The molecule has 0 unspecified atom stereocenters. The zero-order valence-corrected chi connectivity index (χ0v) is 35.2. The van der Waals surface area contributed by atoms with Crippen LogP contribution in [0.4, 0.5) is 0 Å². The minimum Gasteiger partial charge on any atom is -0.462 e. The van der Waals surface area contributed by atoms with E-state index in [4.69, 9.17) is 19.3 Å². The van der Waals surface area contributed by atoms with Crippen LogP contribution in [0.15, 0.2) is 60.8 Å². The largest absolute Gasteiger partial charge is 0.469 e. The minimum atomic E-state index is -4.77. The predicted molar refractivity (Wildman–Crippen MR) is 225 cm³/mol. The number of hydrogen-bond donors (Lipinski definition) is 2. The summed E-state index contributed by atoms with van der Waals surface area (Å²) in [4.78, 5) is 42.8. The summed E-state index contributed by atoms with van der Waals surface area (Å²) in [6.07, 6.45) is 50.9. The van der Waals surface area contributed by atoms with Crippen LogP contribution >= 0.6 is 7.82 Å². The van der Waals surface area contributed by atoms with Crippen molar-refractivity contribution in [3.63, 3.8) is 0 Å². The zero-order chi connectivity index (χ0) is 39.6. The first-order valence-electron chi connectivity index (χ1n) is 21.6. The van der Waals surface area contributed by atoms with E-state index >= 15 is 0 Å². The second-order valence-electron chi connectivity index (χ2n) is 14.3. The molecule has 0 aliphatic carbocycles. The van der Waals surface area contributed by atoms with Gasteiger partial charge in [0.15, 0.2) is 6.10 Å². The van der Waals surface area contributed by atoms with E-state index in [1.807, 2.05) is 6.08 Å². The van der Waals surface area contributed by atoms with Crippen LogP contribution in [0.3, 0.4) is 0 Å². The van der Waals surface area contributed by atoms with Crippen molar-refractivity contribution in [1.82, 2.24) is 0 Å². The van der Waals surface area contributed by atoms with Crippen molar-refractivity contribution >= 4 is 19.8 Å². The molecule has 1 atom stereocenters. The standard InChI is InChI=1S/C45H79O8P/c1-3-5-7-9-11-13-15-17-19-20-21-22-23-24-26-27-29-31-33-35-37-39-44(46)51-41-43(42-52-54(48,49)50)53-45(47)40-38-36-34-32-30-28-25-18-16-14-12-10-8-6-4-2/h18-20,22-23,25-27,31,33,43H,3-17,21,24,28-30,32,34-42H2,1-2H3,(H2,48,49,50)/b20-19+,23-22+,25-18+,27-26+,33-31+/t43-/m1/s1. The summed E-state index contributed by atoms with van der Waals surface area (Å²) in [5.74, 6) is -0.961. The van der Waals surface area contributed by atoms with Crippen LogP contribution in [0, 0.1) is 0 Å². The number of unbranched alkanes of at least 4 members (excludes halogenated alkanes) is 19. The van der Waals surface area contributed by atoms with Crippen molar-refractivity contribution in [2.24, 2.45) is 0 Å². The molecule has 9 heteroatoms. The van der Waals surface area contributed by atoms with Crippen LogP contribution in [0.2, 0.25) is 0 Å². The van der Waals surface area contributed by atoms with Gasteiger partial charge in [-0.1, -0.05) is 164 Å². The van der Waals surface area contributed by atoms with Gasteiger partial charge >= 0.3 is 19.8 Å². The lowest BCUT2D eigenvalue weighted by atomic mass is 10.1. The monoisotopic (exact) mass is 779 g/mol. The van der Waals surface area contributed by atoms with Crippen molar-refractivity contribution in [2.45, 2.75) is 200 Å². The molecule has 0 amide bonds. The van der Waals surface area contributed by atoms with E-state index in [-0.39, 0.29) is 19.4 Å². The molecule has 0 radical (unpaired) electrons. The van der Waals surface area contributed by atoms with Crippen LogP contribution < -0.4 is 0 Å². The van der Waals surface area contributed by atoms with Gasteiger partial charge in [-0.25, -0.2) is 4.57 Å². The predicted octanol–water partition coefficient (Wildman–Crippen LogP) is 13.3. The molecule has 0 bridgehead atoms. The second-order valence-corrected chi connectivity index (χ2v) is 15.5. The molecule has 0 aromatic heterocycles. The van der Waals surface area contributed by atoms with Crippen LogP contribution in [0.5, 0.6) is 0 Å². The zero-order valence-electron chi connectivity index (χ0n) is 34.4. The van der Waals surface area contributed by atoms with Gasteiger partial charge in [-0.15, -0.1) is 0 Å². The smallest absolute Gasteiger partial charge is 0.462 e. The van der Waals surface area contributed by atoms with Gasteiger partial charge in [0, 0.05) is 12.8 Å². The summed E-state index contributed by atoms with van der Waals surface area (Å²) in [5.41, 5.74) is 0. The lowest BCUT2D eigenvalue weighted by molar-refractivity contribution is -0.161. The Balaban J connectivity index is 4.02. The molecule has 54 heavy (non-hydrogen) atoms. The Bertz CT molecular complexity index is 1060. The highest BCUT2D eigenvalue weighted by Crippen LogP contribution is 2.36. The maximum atomic E-state index is 12.4. The third-order valence-electron chi connectivity index (χ3n) is 9.01. The van der Waals surface area contributed by atoms with E-state index in [0.29, 0.717) is 12.8 Å². The van der Waals surface area contributed by atoms with Gasteiger partial charge in [-0.2, -0.15) is 0 Å². The van der Waals surface area contributed by atoms with E-state index in [1.54, 1.807) is 0 Å². The fourth-order valence-corrected chi connectivity index (χ4v) is 6.13. The number of phosphoric ester groups is 1. The van der Waals surface area contributed by atoms with Gasteiger partial charge < -0.3 is 19.3 Å². The minimum absolute atomic E-state index is 0.188. The maximum Gasteiger partial charge on any atom is 0.469 e. The molecule has 0 fully saturated rings. The molecule has 0 spiro atoms. The Kier molecular flexibility index (Phi) is 38.7. The summed E-state index contributed by atoms with van der Waals surface area (Å²) >= 11 is 0. The van der Waals surface area contributed by atoms with Gasteiger partial charge in [0.25, 0.3) is 0 Å². The first-order valence-corrected chi connectivity index (χ1v) is 23.1. The summed E-state index contributed by atoms with van der Waals surface area (Å²) in [7, 11) is -4.77.